The Balaban J connectivity index is 3.11. The fourth-order valence-electron chi connectivity index (χ4n) is 2.36. The van der Waals surface area contributed by atoms with E-state index in [1.807, 2.05) is 20.8 Å². The van der Waals surface area contributed by atoms with Crippen LogP contribution in [-0.2, 0) is 9.22 Å². The summed E-state index contributed by atoms with van der Waals surface area (Å²) in [6.45, 7) is 19.3. The summed E-state index contributed by atoms with van der Waals surface area (Å²) in [6.07, 6.45) is 1.40. The molecule has 1 aromatic heterocycles. The summed E-state index contributed by atoms with van der Waals surface area (Å²) >= 11 is 7.96. The summed E-state index contributed by atoms with van der Waals surface area (Å²) in [5.41, 5.74) is 5.38. The number of anilines is 1. The first kappa shape index (κ1) is 24.6. The second-order valence-electron chi connectivity index (χ2n) is 9.45. The SMILES string of the molecule is CC(C)C(C)(C)[Si](C)(C)OC(c1cnc(NC(=O)C(C)(C)C)s1)[C@@H](Cl)CN. The average Bonchev–Trinajstić information content (AvgIpc) is 2.98. The van der Waals surface area contributed by atoms with E-state index in [1.54, 1.807) is 6.20 Å². The Morgan fingerprint density at radius 3 is 2.33 bits per heavy atom. The highest BCUT2D eigenvalue weighted by molar-refractivity contribution is 7.15. The summed E-state index contributed by atoms with van der Waals surface area (Å²) in [7, 11) is -2.12. The smallest absolute Gasteiger partial charge is 0.231 e. The molecule has 1 heterocycles. The number of nitrogens with zero attached hydrogens (tertiary/aromatic N) is 1. The number of hydrogen-bond donors (Lipinski definition) is 2. The highest BCUT2D eigenvalue weighted by atomic mass is 35.5. The fourth-order valence-corrected chi connectivity index (χ4v) is 6.32. The maximum atomic E-state index is 12.2. The van der Waals surface area contributed by atoms with Crippen molar-refractivity contribution in [1.82, 2.24) is 4.98 Å². The molecule has 0 aliphatic heterocycles. The van der Waals surface area contributed by atoms with E-state index in [-0.39, 0.29) is 22.4 Å². The summed E-state index contributed by atoms with van der Waals surface area (Å²) < 4.78 is 6.67. The second-order valence-corrected chi connectivity index (χ2v) is 15.6. The van der Waals surface area contributed by atoms with Crippen molar-refractivity contribution in [3.8, 4) is 0 Å². The Morgan fingerprint density at radius 1 is 1.33 bits per heavy atom. The van der Waals surface area contributed by atoms with Crippen molar-refractivity contribution < 1.29 is 9.22 Å². The zero-order valence-corrected chi connectivity index (χ0v) is 20.7. The molecule has 0 saturated heterocycles. The molecule has 0 spiro atoms. The Bertz CT molecular complexity index is 641. The van der Waals surface area contributed by atoms with Gasteiger partial charge in [-0.25, -0.2) is 4.98 Å². The quantitative estimate of drug-likeness (QED) is 0.425. The van der Waals surface area contributed by atoms with Crippen LogP contribution >= 0.6 is 22.9 Å². The molecule has 2 atom stereocenters. The minimum Gasteiger partial charge on any atom is -0.407 e. The van der Waals surface area contributed by atoms with Gasteiger partial charge in [0, 0.05) is 18.2 Å². The molecule has 0 aliphatic carbocycles. The van der Waals surface area contributed by atoms with E-state index in [0.29, 0.717) is 17.6 Å². The molecule has 0 fully saturated rings. The standard InChI is InChI=1S/C19H36ClN3O2SSi/c1-12(2)19(6,7)27(8,9)25-15(13(20)10-21)14-11-22-17(26-14)23-16(24)18(3,4)5/h11-13,15H,10,21H2,1-9H3,(H,22,23,24)/t13-,15?/m0/s1. The first-order valence-electron chi connectivity index (χ1n) is 9.42. The van der Waals surface area contributed by atoms with Crippen molar-refractivity contribution in [2.75, 3.05) is 11.9 Å². The largest absolute Gasteiger partial charge is 0.407 e. The van der Waals surface area contributed by atoms with Crippen molar-refractivity contribution in [3.63, 3.8) is 0 Å². The summed E-state index contributed by atoms with van der Waals surface area (Å²) in [4.78, 5) is 17.5. The van der Waals surface area contributed by atoms with E-state index in [2.05, 4.69) is 51.1 Å². The lowest BCUT2D eigenvalue weighted by Gasteiger charge is -2.44. The van der Waals surface area contributed by atoms with Crippen molar-refractivity contribution in [2.24, 2.45) is 17.1 Å². The molecule has 156 valence electrons. The van der Waals surface area contributed by atoms with Gasteiger partial charge in [0.05, 0.1) is 16.4 Å². The van der Waals surface area contributed by atoms with Crippen LogP contribution in [0.15, 0.2) is 6.20 Å². The van der Waals surface area contributed by atoms with Gasteiger partial charge in [0.15, 0.2) is 13.4 Å². The van der Waals surface area contributed by atoms with Crippen LogP contribution < -0.4 is 11.1 Å². The molecule has 1 aromatic rings. The molecule has 5 nitrogen and oxygen atoms in total. The number of hydrogen-bond acceptors (Lipinski definition) is 5. The fraction of sp³-hybridized carbons (Fsp3) is 0.789. The number of nitrogens with two attached hydrogens (primary N) is 1. The summed E-state index contributed by atoms with van der Waals surface area (Å²) in [5, 5.41) is 3.14. The monoisotopic (exact) mass is 433 g/mol. The van der Waals surface area contributed by atoms with Crippen molar-refractivity contribution >= 4 is 42.3 Å². The van der Waals surface area contributed by atoms with Gasteiger partial charge in [-0.05, 0) is 24.1 Å². The molecule has 1 rings (SSSR count). The van der Waals surface area contributed by atoms with E-state index in [1.165, 1.54) is 11.3 Å². The molecular weight excluding hydrogens is 398 g/mol. The Hall–Kier alpha value is -0.473. The van der Waals surface area contributed by atoms with Crippen LogP contribution in [0.25, 0.3) is 0 Å². The van der Waals surface area contributed by atoms with Crippen LogP contribution in [0.2, 0.25) is 18.1 Å². The third kappa shape index (κ3) is 6.00. The number of thiazole rings is 1. The van der Waals surface area contributed by atoms with Gasteiger partial charge in [0.2, 0.25) is 5.91 Å². The highest BCUT2D eigenvalue weighted by Crippen LogP contribution is 2.47. The third-order valence-corrected chi connectivity index (χ3v) is 11.6. The van der Waals surface area contributed by atoms with E-state index in [4.69, 9.17) is 21.8 Å². The van der Waals surface area contributed by atoms with Crippen LogP contribution in [0.3, 0.4) is 0 Å². The van der Waals surface area contributed by atoms with Crippen LogP contribution in [-0.4, -0.2) is 31.1 Å². The molecule has 0 aliphatic rings. The number of halogens is 1. The topological polar surface area (TPSA) is 77.2 Å². The van der Waals surface area contributed by atoms with Gasteiger partial charge in [0.25, 0.3) is 0 Å². The van der Waals surface area contributed by atoms with Gasteiger partial charge in [-0.1, -0.05) is 59.8 Å². The average molecular weight is 434 g/mol. The number of aromatic nitrogens is 1. The minimum atomic E-state index is -2.12. The molecule has 0 radical (unpaired) electrons. The molecule has 0 aromatic carbocycles. The Labute approximate surface area is 174 Å². The van der Waals surface area contributed by atoms with E-state index in [9.17, 15) is 4.79 Å². The lowest BCUT2D eigenvalue weighted by Crippen LogP contribution is -2.47. The van der Waals surface area contributed by atoms with Gasteiger partial charge in [0.1, 0.15) is 0 Å². The number of alkyl halides is 1. The molecule has 27 heavy (non-hydrogen) atoms. The molecule has 0 saturated carbocycles. The van der Waals surface area contributed by atoms with Crippen LogP contribution in [0, 0.1) is 11.3 Å². The normalized spacial score (nSPS) is 15.7. The van der Waals surface area contributed by atoms with Gasteiger partial charge in [-0.15, -0.1) is 11.6 Å². The van der Waals surface area contributed by atoms with Crippen LogP contribution in [0.1, 0.15) is 59.4 Å². The maximum absolute atomic E-state index is 12.2. The molecule has 8 heteroatoms. The Morgan fingerprint density at radius 2 is 1.89 bits per heavy atom. The maximum Gasteiger partial charge on any atom is 0.231 e. The summed E-state index contributed by atoms with van der Waals surface area (Å²) in [5.74, 6) is 0.410. The highest BCUT2D eigenvalue weighted by Gasteiger charge is 2.46. The van der Waals surface area contributed by atoms with Gasteiger partial charge in [-0.3, -0.25) is 4.79 Å². The number of nitrogens with one attached hydrogen (secondary N) is 1. The first-order valence-corrected chi connectivity index (χ1v) is 13.6. The molecular formula is C19H36ClN3O2SSi. The molecule has 1 unspecified atom stereocenters. The number of rotatable bonds is 8. The van der Waals surface area contributed by atoms with Gasteiger partial charge >= 0.3 is 0 Å². The van der Waals surface area contributed by atoms with E-state index >= 15 is 0 Å². The Kier molecular flexibility index (Phi) is 8.10. The predicted octanol–water partition coefficient (Wildman–Crippen LogP) is 5.39. The number of amides is 1. The zero-order valence-electron chi connectivity index (χ0n) is 18.1. The molecule has 1 amide bonds. The third-order valence-electron chi connectivity index (χ3n) is 5.68. The van der Waals surface area contributed by atoms with Crippen molar-refractivity contribution in [1.29, 1.82) is 0 Å². The van der Waals surface area contributed by atoms with Crippen LogP contribution in [0.5, 0.6) is 0 Å². The lowest BCUT2D eigenvalue weighted by molar-refractivity contribution is -0.123. The van der Waals surface area contributed by atoms with Crippen molar-refractivity contribution in [3.05, 3.63) is 11.1 Å². The zero-order chi connectivity index (χ0) is 21.2. The van der Waals surface area contributed by atoms with Crippen LogP contribution in [0.4, 0.5) is 5.13 Å². The predicted molar refractivity (Wildman–Crippen MR) is 119 cm³/mol. The van der Waals surface area contributed by atoms with Crippen molar-refractivity contribution in [2.45, 2.75) is 78.1 Å². The molecule has 0 bridgehead atoms. The number of carbonyl (C=O) groups excluding carboxylic acids is 1. The first-order chi connectivity index (χ1) is 12.1. The summed E-state index contributed by atoms with van der Waals surface area (Å²) in [6, 6.07) is 0. The van der Waals surface area contributed by atoms with Gasteiger partial charge < -0.3 is 15.5 Å². The number of carbonyl (C=O) groups is 1. The molecule has 3 N–H and O–H groups in total. The van der Waals surface area contributed by atoms with E-state index < -0.39 is 13.7 Å². The minimum absolute atomic E-state index is 0.0599. The lowest BCUT2D eigenvalue weighted by atomic mass is 9.96. The second kappa shape index (κ2) is 8.90. The van der Waals surface area contributed by atoms with E-state index in [0.717, 1.165) is 4.88 Å². The van der Waals surface area contributed by atoms with Gasteiger partial charge in [-0.2, -0.15) is 0 Å².